The Labute approximate surface area is 363 Å². The third kappa shape index (κ3) is 57.0. The summed E-state index contributed by atoms with van der Waals surface area (Å²) < 4.78 is 0. The lowest BCUT2D eigenvalue weighted by Crippen LogP contribution is -3.00. The molecule has 0 nitrogen and oxygen atoms in total. The van der Waals surface area contributed by atoms with Gasteiger partial charge in [-0.2, -0.15) is 0 Å². The molecule has 0 heterocycles. The van der Waals surface area contributed by atoms with Crippen LogP contribution >= 0.6 is 7.26 Å². The van der Waals surface area contributed by atoms with Gasteiger partial charge in [-0.15, -0.1) is 0 Å². The van der Waals surface area contributed by atoms with Gasteiger partial charge in [0.25, 0.3) is 0 Å². The summed E-state index contributed by atoms with van der Waals surface area (Å²) in [4.78, 5) is 0. The first kappa shape index (κ1) is 58.0. The molecule has 0 aromatic carbocycles. The zero-order chi connectivity index (χ0) is 39.1. The number of halogens is 1. The van der Waals surface area contributed by atoms with E-state index in [4.69, 9.17) is 0 Å². The number of rotatable bonds is 49. The fourth-order valence-corrected chi connectivity index (χ4v) is 9.96. The Balaban J connectivity index is 0. The normalized spacial score (nSPS) is 11.8. The molecule has 0 unspecified atom stereocenters. The minimum atomic E-state index is -0.525. The molecule has 0 saturated carbocycles. The van der Waals surface area contributed by atoms with Crippen LogP contribution in [0.1, 0.15) is 315 Å². The fraction of sp³-hybridized carbons (Fsp3) is 1.00. The van der Waals surface area contributed by atoms with E-state index in [9.17, 15) is 0 Å². The molecular formula is C53H110BrP. The molecular weight excluding hydrogens is 747 g/mol. The van der Waals surface area contributed by atoms with Crippen molar-refractivity contribution < 1.29 is 17.0 Å². The van der Waals surface area contributed by atoms with E-state index in [1.54, 1.807) is 0 Å². The summed E-state index contributed by atoms with van der Waals surface area (Å²) in [5.41, 5.74) is 0. The van der Waals surface area contributed by atoms with Gasteiger partial charge in [0.15, 0.2) is 0 Å². The molecule has 55 heavy (non-hydrogen) atoms. The van der Waals surface area contributed by atoms with Crippen molar-refractivity contribution in [2.75, 3.05) is 26.2 Å². The molecule has 0 N–H and O–H groups in total. The summed E-state index contributed by atoms with van der Waals surface area (Å²) >= 11 is 0. The average Bonchev–Trinajstić information content (AvgIpc) is 3.15. The highest BCUT2D eigenvalue weighted by atomic mass is 79.9. The van der Waals surface area contributed by atoms with Crippen molar-refractivity contribution >= 4 is 7.26 Å². The van der Waals surface area contributed by atoms with Gasteiger partial charge in [-0.25, -0.2) is 0 Å². The topological polar surface area (TPSA) is 0 Å². The highest BCUT2D eigenvalue weighted by Crippen LogP contribution is 2.47. The van der Waals surface area contributed by atoms with Crippen molar-refractivity contribution in [2.45, 2.75) is 315 Å². The van der Waals surface area contributed by atoms with Crippen molar-refractivity contribution in [2.24, 2.45) is 0 Å². The lowest BCUT2D eigenvalue weighted by molar-refractivity contribution is -0.0000122. The molecule has 0 bridgehead atoms. The third-order valence-corrected chi connectivity index (χ3v) is 14.3. The molecule has 0 spiro atoms. The third-order valence-electron chi connectivity index (χ3n) is 12.7. The van der Waals surface area contributed by atoms with Crippen LogP contribution in [-0.2, 0) is 0 Å². The number of hydrogen-bond acceptors (Lipinski definition) is 0. The van der Waals surface area contributed by atoms with Gasteiger partial charge < -0.3 is 17.0 Å². The lowest BCUT2D eigenvalue weighted by Gasteiger charge is -2.10. The molecule has 0 aromatic heterocycles. The Morgan fingerprint density at radius 1 is 0.182 bits per heavy atom. The molecule has 334 valence electrons. The molecule has 0 fully saturated rings. The molecule has 0 radical (unpaired) electrons. The van der Waals surface area contributed by atoms with E-state index < -0.39 is 7.26 Å². The van der Waals surface area contributed by atoms with Crippen LogP contribution in [0.25, 0.3) is 0 Å². The van der Waals surface area contributed by atoms with Crippen LogP contribution in [-0.4, -0.2) is 26.2 Å². The first-order valence-electron chi connectivity index (χ1n) is 26.4. The van der Waals surface area contributed by atoms with Gasteiger partial charge >= 0.3 is 0 Å². The predicted octanol–water partition coefficient (Wildman–Crippen LogP) is 17.6. The van der Waals surface area contributed by atoms with Gasteiger partial charge in [0.2, 0.25) is 0 Å². The summed E-state index contributed by atoms with van der Waals surface area (Å²) in [6.07, 6.45) is 73.1. The Hall–Kier alpha value is 0.910. The first-order valence-corrected chi connectivity index (χ1v) is 29.7. The van der Waals surface area contributed by atoms with Crippen molar-refractivity contribution in [3.8, 4) is 0 Å². The van der Waals surface area contributed by atoms with Gasteiger partial charge in [0.1, 0.15) is 0 Å². The van der Waals surface area contributed by atoms with Gasteiger partial charge in [-0.05, 0) is 12.8 Å². The van der Waals surface area contributed by atoms with Gasteiger partial charge in [-0.3, -0.25) is 0 Å². The van der Waals surface area contributed by atoms with Gasteiger partial charge in [0.05, 0.1) is 6.16 Å². The molecule has 0 atom stereocenters. The molecule has 2 heteroatoms. The van der Waals surface area contributed by atoms with Crippen molar-refractivity contribution in [1.29, 1.82) is 0 Å². The summed E-state index contributed by atoms with van der Waals surface area (Å²) in [5.74, 6) is 0. The second kappa shape index (κ2) is 51.1. The molecule has 0 saturated heterocycles. The Kier molecular flexibility index (Phi) is 53.8. The van der Waals surface area contributed by atoms with Gasteiger partial charge in [-0.1, -0.05) is 302 Å². The van der Waals surface area contributed by atoms with Crippen LogP contribution in [0.3, 0.4) is 0 Å². The maximum atomic E-state index is 2.49. The van der Waals surface area contributed by atoms with Crippen LogP contribution in [0, 0.1) is 0 Å². The standard InChI is InChI=1S/C53H110P.BrH/c1-5-6-7-8-9-10-11-12-13-14-15-16-17-18-19-20-21-22-23-24-25-26-27-28-29-30-31-32-33-34-35-36-37-38-39-40-41-42-43-44-45-46-47-48-49-50-51-52-53-54(2,3)4;/h5-53H2,1-4H3;1H/q+1;/p-1. The first-order chi connectivity index (χ1) is 26.6. The van der Waals surface area contributed by atoms with E-state index in [-0.39, 0.29) is 17.0 Å². The minimum absolute atomic E-state index is 0. The fourth-order valence-electron chi connectivity index (χ4n) is 8.79. The van der Waals surface area contributed by atoms with E-state index in [1.807, 2.05) is 0 Å². The van der Waals surface area contributed by atoms with Crippen LogP contribution < -0.4 is 17.0 Å². The van der Waals surface area contributed by atoms with Gasteiger partial charge in [0, 0.05) is 27.3 Å². The van der Waals surface area contributed by atoms with Crippen LogP contribution in [0.2, 0.25) is 0 Å². The second-order valence-electron chi connectivity index (χ2n) is 19.6. The van der Waals surface area contributed by atoms with E-state index in [2.05, 4.69) is 26.9 Å². The van der Waals surface area contributed by atoms with E-state index in [0.717, 1.165) is 0 Å². The van der Waals surface area contributed by atoms with Crippen molar-refractivity contribution in [3.05, 3.63) is 0 Å². The molecule has 0 aliphatic carbocycles. The summed E-state index contributed by atoms with van der Waals surface area (Å²) in [7, 11) is -0.525. The highest BCUT2D eigenvalue weighted by molar-refractivity contribution is 7.73. The predicted molar refractivity (Wildman–Crippen MR) is 257 cm³/mol. The zero-order valence-electron chi connectivity index (χ0n) is 39.5. The van der Waals surface area contributed by atoms with E-state index in [1.165, 1.54) is 314 Å². The maximum Gasteiger partial charge on any atom is 0.0586 e. The highest BCUT2D eigenvalue weighted by Gasteiger charge is 2.15. The van der Waals surface area contributed by atoms with Crippen LogP contribution in [0.15, 0.2) is 0 Å². The van der Waals surface area contributed by atoms with Crippen molar-refractivity contribution in [1.82, 2.24) is 0 Å². The van der Waals surface area contributed by atoms with Crippen LogP contribution in [0.5, 0.6) is 0 Å². The maximum absolute atomic E-state index is 2.49. The largest absolute Gasteiger partial charge is 1.00 e. The van der Waals surface area contributed by atoms with Crippen molar-refractivity contribution in [3.63, 3.8) is 0 Å². The summed E-state index contributed by atoms with van der Waals surface area (Å²) in [6, 6.07) is 0. The molecule has 0 aliphatic rings. The second-order valence-corrected chi connectivity index (χ2v) is 24.7. The molecule has 0 aromatic rings. The Bertz CT molecular complexity index is 641. The Morgan fingerprint density at radius 2 is 0.291 bits per heavy atom. The summed E-state index contributed by atoms with van der Waals surface area (Å²) in [5, 5.41) is 0. The Morgan fingerprint density at radius 3 is 0.400 bits per heavy atom. The number of hydrogen-bond donors (Lipinski definition) is 0. The van der Waals surface area contributed by atoms with E-state index >= 15 is 0 Å². The number of unbranched alkanes of at least 4 members (excludes halogenated alkanes) is 47. The summed E-state index contributed by atoms with van der Waals surface area (Å²) in [6.45, 7) is 9.77. The zero-order valence-corrected chi connectivity index (χ0v) is 42.0. The SMILES string of the molecule is CCCCCCCCCCCCCCCCCCCCCCCCCCCCCCCCCCCCCCCCCCCCCCCCCC[P+](C)(C)C.[Br-]. The monoisotopic (exact) mass is 857 g/mol. The van der Waals surface area contributed by atoms with E-state index in [0.29, 0.717) is 0 Å². The quantitative estimate of drug-likeness (QED) is 0.0422. The lowest BCUT2D eigenvalue weighted by atomic mass is 10.0. The van der Waals surface area contributed by atoms with Crippen LogP contribution in [0.4, 0.5) is 0 Å². The molecule has 0 aliphatic heterocycles. The molecule has 0 rings (SSSR count). The minimum Gasteiger partial charge on any atom is -1.00 e. The smallest absolute Gasteiger partial charge is 0.0586 e. The average molecular weight is 858 g/mol. The molecule has 0 amide bonds.